The summed E-state index contributed by atoms with van der Waals surface area (Å²) in [6.07, 6.45) is -0.674. The van der Waals surface area contributed by atoms with Crippen LogP contribution in [0.2, 0.25) is 5.02 Å². The Morgan fingerprint density at radius 2 is 2.28 bits per heavy atom. The van der Waals surface area contributed by atoms with Crippen LogP contribution in [-0.2, 0) is 14.3 Å². The molecule has 1 atom stereocenters. The Morgan fingerprint density at radius 3 is 2.89 bits per heavy atom. The number of rotatable bonds is 2. The number of hydrogen-bond acceptors (Lipinski definition) is 3. The molecular weight excluding hydrogens is 328 g/mol. The predicted molar refractivity (Wildman–Crippen MR) is 68.3 cm³/mol. The number of nitrogens with one attached hydrogen (secondary N) is 1. The molecule has 1 amide bonds. The van der Waals surface area contributed by atoms with Crippen LogP contribution in [0.5, 0.6) is 0 Å². The summed E-state index contributed by atoms with van der Waals surface area (Å²) in [5.74, 6) is -0.856. The maximum absolute atomic E-state index is 13.0. The lowest BCUT2D eigenvalue weighted by Crippen LogP contribution is -2.39. The molecule has 1 heterocycles. The summed E-state index contributed by atoms with van der Waals surface area (Å²) in [7, 11) is 0. The van der Waals surface area contributed by atoms with Gasteiger partial charge >= 0.3 is 0 Å². The molecule has 1 aromatic carbocycles. The van der Waals surface area contributed by atoms with Gasteiger partial charge in [-0.1, -0.05) is 11.6 Å². The van der Waals surface area contributed by atoms with Crippen molar-refractivity contribution < 1.29 is 18.7 Å². The highest BCUT2D eigenvalue weighted by Crippen LogP contribution is 2.31. The normalized spacial score (nSPS) is 19.6. The molecule has 1 fully saturated rings. The molecule has 1 aliphatic heterocycles. The Labute approximate surface area is 117 Å². The van der Waals surface area contributed by atoms with Gasteiger partial charge in [-0.2, -0.15) is 0 Å². The van der Waals surface area contributed by atoms with Crippen molar-refractivity contribution in [3.05, 3.63) is 27.4 Å². The summed E-state index contributed by atoms with van der Waals surface area (Å²) in [6.45, 7) is 1.05. The molecule has 2 rings (SSSR count). The van der Waals surface area contributed by atoms with E-state index in [-0.39, 0.29) is 17.5 Å². The fraction of sp³-hybridized carbons (Fsp3) is 0.364. The molecule has 1 saturated heterocycles. The highest BCUT2D eigenvalue weighted by Gasteiger charge is 2.24. The van der Waals surface area contributed by atoms with E-state index in [4.69, 9.17) is 21.1 Å². The number of hydrogen-bond donors (Lipinski definition) is 1. The van der Waals surface area contributed by atoms with Crippen molar-refractivity contribution in [1.82, 2.24) is 0 Å². The standard InChI is InChI=1S/C11H10BrClFNO3/c12-7-3-6(14)4-8(13)10(7)15-11(16)9-5-17-1-2-18-9/h3-4,9H,1-2,5H2,(H,15,16). The van der Waals surface area contributed by atoms with E-state index in [2.05, 4.69) is 21.2 Å². The quantitative estimate of drug-likeness (QED) is 0.902. The molecule has 0 aromatic heterocycles. The fourth-order valence-electron chi connectivity index (χ4n) is 1.50. The van der Waals surface area contributed by atoms with Gasteiger partial charge in [0.1, 0.15) is 5.82 Å². The first-order valence-corrected chi connectivity index (χ1v) is 6.40. The third-order valence-corrected chi connectivity index (χ3v) is 3.29. The zero-order valence-electron chi connectivity index (χ0n) is 9.21. The molecule has 0 spiro atoms. The summed E-state index contributed by atoms with van der Waals surface area (Å²) in [5, 5.41) is 2.70. The maximum Gasteiger partial charge on any atom is 0.255 e. The Balaban J connectivity index is 2.11. The highest BCUT2D eigenvalue weighted by atomic mass is 79.9. The van der Waals surface area contributed by atoms with Crippen LogP contribution in [0.4, 0.5) is 10.1 Å². The molecule has 0 radical (unpaired) electrons. The summed E-state index contributed by atoms with van der Waals surface area (Å²) < 4.78 is 23.8. The molecule has 7 heteroatoms. The molecule has 98 valence electrons. The van der Waals surface area contributed by atoms with Crippen molar-refractivity contribution in [3.63, 3.8) is 0 Å². The van der Waals surface area contributed by atoms with E-state index in [1.54, 1.807) is 0 Å². The number of halogens is 3. The summed E-state index contributed by atoms with van der Waals surface area (Å²) in [6, 6.07) is 2.35. The van der Waals surface area contributed by atoms with Crippen LogP contribution < -0.4 is 5.32 Å². The van der Waals surface area contributed by atoms with Crippen molar-refractivity contribution in [2.75, 3.05) is 25.1 Å². The monoisotopic (exact) mass is 337 g/mol. The lowest BCUT2D eigenvalue weighted by molar-refractivity contribution is -0.142. The maximum atomic E-state index is 13.0. The van der Waals surface area contributed by atoms with Gasteiger partial charge in [0.05, 0.1) is 30.5 Å². The van der Waals surface area contributed by atoms with Gasteiger partial charge in [0.25, 0.3) is 5.91 Å². The summed E-state index contributed by atoms with van der Waals surface area (Å²) >= 11 is 9.00. The predicted octanol–water partition coefficient (Wildman–Crippen LogP) is 2.60. The second kappa shape index (κ2) is 5.97. The van der Waals surface area contributed by atoms with E-state index in [0.29, 0.717) is 23.4 Å². The van der Waals surface area contributed by atoms with E-state index in [1.165, 1.54) is 6.07 Å². The minimum absolute atomic E-state index is 0.118. The van der Waals surface area contributed by atoms with Gasteiger partial charge in [-0.05, 0) is 28.1 Å². The Morgan fingerprint density at radius 1 is 1.50 bits per heavy atom. The minimum atomic E-state index is -0.674. The number of benzene rings is 1. The van der Waals surface area contributed by atoms with Crippen LogP contribution in [0.1, 0.15) is 0 Å². The van der Waals surface area contributed by atoms with Crippen LogP contribution >= 0.6 is 27.5 Å². The van der Waals surface area contributed by atoms with Crippen LogP contribution in [0.3, 0.4) is 0 Å². The SMILES string of the molecule is O=C(Nc1c(Cl)cc(F)cc1Br)C1COCCO1. The lowest BCUT2D eigenvalue weighted by atomic mass is 10.2. The fourth-order valence-corrected chi connectivity index (χ4v) is 2.40. The molecule has 0 saturated carbocycles. The van der Waals surface area contributed by atoms with Crippen molar-refractivity contribution >= 4 is 39.1 Å². The van der Waals surface area contributed by atoms with Gasteiger partial charge in [-0.25, -0.2) is 4.39 Å². The van der Waals surface area contributed by atoms with E-state index in [1.807, 2.05) is 0 Å². The average molecular weight is 339 g/mol. The molecule has 4 nitrogen and oxygen atoms in total. The molecule has 1 aliphatic rings. The number of anilines is 1. The molecule has 0 aliphatic carbocycles. The first-order chi connectivity index (χ1) is 8.58. The van der Waals surface area contributed by atoms with E-state index in [9.17, 15) is 9.18 Å². The van der Waals surface area contributed by atoms with Gasteiger partial charge in [-0.15, -0.1) is 0 Å². The summed E-state index contributed by atoms with van der Waals surface area (Å²) in [4.78, 5) is 11.9. The summed E-state index contributed by atoms with van der Waals surface area (Å²) in [5.41, 5.74) is 0.317. The van der Waals surface area contributed by atoms with Crippen LogP contribution in [-0.4, -0.2) is 31.8 Å². The lowest BCUT2D eigenvalue weighted by Gasteiger charge is -2.22. The molecule has 18 heavy (non-hydrogen) atoms. The van der Waals surface area contributed by atoms with Gasteiger partial charge in [-0.3, -0.25) is 4.79 Å². The molecule has 1 N–H and O–H groups in total. The number of carbonyl (C=O) groups excluding carboxylic acids is 1. The van der Waals surface area contributed by atoms with Gasteiger partial charge in [0, 0.05) is 4.47 Å². The number of carbonyl (C=O) groups is 1. The van der Waals surface area contributed by atoms with Crippen molar-refractivity contribution in [1.29, 1.82) is 0 Å². The average Bonchev–Trinajstić information content (AvgIpc) is 2.34. The van der Waals surface area contributed by atoms with E-state index < -0.39 is 11.9 Å². The van der Waals surface area contributed by atoms with Gasteiger partial charge in [0.15, 0.2) is 6.10 Å². The largest absolute Gasteiger partial charge is 0.376 e. The van der Waals surface area contributed by atoms with Crippen molar-refractivity contribution in [2.45, 2.75) is 6.10 Å². The Hall–Kier alpha value is -0.690. The first-order valence-electron chi connectivity index (χ1n) is 5.22. The molecular formula is C11H10BrClFNO3. The second-order valence-electron chi connectivity index (χ2n) is 3.67. The number of ether oxygens (including phenoxy) is 2. The molecule has 0 bridgehead atoms. The van der Waals surface area contributed by atoms with Crippen LogP contribution in [0, 0.1) is 5.82 Å². The minimum Gasteiger partial charge on any atom is -0.376 e. The van der Waals surface area contributed by atoms with E-state index >= 15 is 0 Å². The zero-order valence-corrected chi connectivity index (χ0v) is 11.6. The molecule has 1 aromatic rings. The Kier molecular flexibility index (Phi) is 4.55. The van der Waals surface area contributed by atoms with Crippen LogP contribution in [0.25, 0.3) is 0 Å². The van der Waals surface area contributed by atoms with Crippen molar-refractivity contribution in [2.24, 2.45) is 0 Å². The highest BCUT2D eigenvalue weighted by molar-refractivity contribution is 9.10. The second-order valence-corrected chi connectivity index (χ2v) is 4.93. The topological polar surface area (TPSA) is 47.6 Å². The van der Waals surface area contributed by atoms with Crippen LogP contribution in [0.15, 0.2) is 16.6 Å². The first kappa shape index (κ1) is 13.7. The van der Waals surface area contributed by atoms with Gasteiger partial charge < -0.3 is 14.8 Å². The third-order valence-electron chi connectivity index (χ3n) is 2.36. The third kappa shape index (κ3) is 3.20. The number of amides is 1. The Bertz CT molecular complexity index is 443. The smallest absolute Gasteiger partial charge is 0.255 e. The van der Waals surface area contributed by atoms with Gasteiger partial charge in [0.2, 0.25) is 0 Å². The van der Waals surface area contributed by atoms with Crippen molar-refractivity contribution in [3.8, 4) is 0 Å². The molecule has 1 unspecified atom stereocenters. The zero-order chi connectivity index (χ0) is 13.1. The van der Waals surface area contributed by atoms with E-state index in [0.717, 1.165) is 6.07 Å².